The predicted octanol–water partition coefficient (Wildman–Crippen LogP) is 5.97. The van der Waals surface area contributed by atoms with E-state index < -0.39 is 10.1 Å². The molecule has 2 aromatic carbocycles. The number of unbranched alkanes of at least 4 members (excludes halogenated alkanes) is 1. The molecule has 1 aliphatic rings. The van der Waals surface area contributed by atoms with Crippen LogP contribution < -0.4 is 9.47 Å². The summed E-state index contributed by atoms with van der Waals surface area (Å²) in [6.07, 6.45) is 8.09. The molecule has 202 valence electrons. The summed E-state index contributed by atoms with van der Waals surface area (Å²) in [6, 6.07) is 13.8. The van der Waals surface area contributed by atoms with E-state index in [1.54, 1.807) is 0 Å². The van der Waals surface area contributed by atoms with Gasteiger partial charge < -0.3 is 4.90 Å². The van der Waals surface area contributed by atoms with Crippen LogP contribution >= 0.6 is 0 Å². The van der Waals surface area contributed by atoms with Gasteiger partial charge in [0, 0.05) is 36.0 Å². The van der Waals surface area contributed by atoms with Crippen LogP contribution in [0.4, 0.5) is 11.4 Å². The van der Waals surface area contributed by atoms with Gasteiger partial charge in [0.2, 0.25) is 0 Å². The highest BCUT2D eigenvalue weighted by Crippen LogP contribution is 2.46. The molecule has 0 saturated carbocycles. The summed E-state index contributed by atoms with van der Waals surface area (Å²) in [5.41, 5.74) is 6.55. The van der Waals surface area contributed by atoms with E-state index in [0.717, 1.165) is 53.3 Å². The number of allylic oxidation sites excluding steroid dienone is 3. The molecular weight excluding hydrogens is 510 g/mol. The van der Waals surface area contributed by atoms with Crippen LogP contribution in [0, 0.1) is 17.9 Å². The van der Waals surface area contributed by atoms with Crippen molar-refractivity contribution in [3.05, 3.63) is 82.6 Å². The molecule has 1 atom stereocenters. The summed E-state index contributed by atoms with van der Waals surface area (Å²) in [5.74, 6) is 0.929. The molecule has 3 aromatic rings. The Hall–Kier alpha value is -3.92. The van der Waals surface area contributed by atoms with Gasteiger partial charge in [-0.25, -0.2) is 14.0 Å². The summed E-state index contributed by atoms with van der Waals surface area (Å²) in [7, 11) is -4.00. The lowest BCUT2D eigenvalue weighted by atomic mass is 9.95. The Bertz CT molecular complexity index is 1640. The first kappa shape index (κ1) is 28.1. The fourth-order valence-electron chi connectivity index (χ4n) is 5.56. The molecule has 0 spiro atoms. The van der Waals surface area contributed by atoms with Crippen molar-refractivity contribution in [1.82, 2.24) is 4.57 Å². The van der Waals surface area contributed by atoms with Crippen molar-refractivity contribution < 1.29 is 17.5 Å². The molecule has 0 radical (unpaired) electrons. The Labute approximate surface area is 230 Å². The van der Waals surface area contributed by atoms with Crippen molar-refractivity contribution in [2.24, 2.45) is 0 Å². The molecule has 0 amide bonds. The average molecular weight is 545 g/mol. The van der Waals surface area contributed by atoms with E-state index in [9.17, 15) is 13.7 Å². The van der Waals surface area contributed by atoms with Crippen LogP contribution in [0.3, 0.4) is 0 Å². The number of hydrogen-bond donors (Lipinski definition) is 1. The van der Waals surface area contributed by atoms with Crippen molar-refractivity contribution >= 4 is 38.6 Å². The first-order valence-corrected chi connectivity index (χ1v) is 15.0. The second-order valence-electron chi connectivity index (χ2n) is 9.57. The fraction of sp³-hybridized carbons (Fsp3) is 0.367. The number of aryl methyl sites for hydroxylation is 2. The Kier molecular flexibility index (Phi) is 8.54. The van der Waals surface area contributed by atoms with Crippen molar-refractivity contribution in [3.63, 3.8) is 0 Å². The number of anilines is 1. The van der Waals surface area contributed by atoms with Crippen molar-refractivity contribution in [2.75, 3.05) is 17.2 Å². The van der Waals surface area contributed by atoms with Crippen molar-refractivity contribution in [1.29, 1.82) is 5.26 Å². The average Bonchev–Trinajstić information content (AvgIpc) is 3.40. The summed E-state index contributed by atoms with van der Waals surface area (Å²) in [6.45, 7) is 15.9. The smallest absolute Gasteiger partial charge is 0.282 e. The van der Waals surface area contributed by atoms with Gasteiger partial charge in [-0.3, -0.25) is 4.55 Å². The van der Waals surface area contributed by atoms with Gasteiger partial charge in [0.05, 0.1) is 37.0 Å². The maximum absolute atomic E-state index is 11.2. The summed E-state index contributed by atoms with van der Waals surface area (Å²) in [5, 5.41) is 9.40. The molecule has 8 nitrogen and oxygen atoms in total. The van der Waals surface area contributed by atoms with Gasteiger partial charge in [0.15, 0.2) is 16.7 Å². The Morgan fingerprint density at radius 3 is 2.62 bits per heavy atom. The number of nitrogens with zero attached hydrogens (tertiary/aromatic N) is 5. The van der Waals surface area contributed by atoms with Crippen LogP contribution in [0.15, 0.2) is 54.2 Å². The third-order valence-corrected chi connectivity index (χ3v) is 8.11. The minimum absolute atomic E-state index is 0.152. The molecule has 9 heteroatoms. The second-order valence-corrected chi connectivity index (χ2v) is 11.1. The number of rotatable bonds is 10. The number of benzene rings is 2. The quantitative estimate of drug-likeness (QED) is 0.147. The highest BCUT2D eigenvalue weighted by Gasteiger charge is 2.32. The molecule has 1 aliphatic heterocycles. The zero-order valence-electron chi connectivity index (χ0n) is 22.6. The van der Waals surface area contributed by atoms with Gasteiger partial charge >= 0.3 is 0 Å². The number of nitriles is 1. The van der Waals surface area contributed by atoms with Crippen LogP contribution in [0.1, 0.15) is 62.9 Å². The molecule has 2 heterocycles. The molecule has 39 heavy (non-hydrogen) atoms. The zero-order valence-corrected chi connectivity index (χ0v) is 23.4. The molecule has 0 bridgehead atoms. The molecule has 1 unspecified atom stereocenters. The van der Waals surface area contributed by atoms with Gasteiger partial charge in [-0.1, -0.05) is 25.1 Å². The van der Waals surface area contributed by atoms with E-state index in [2.05, 4.69) is 63.9 Å². The lowest BCUT2D eigenvalue weighted by molar-refractivity contribution is -0.670. The standard InChI is InChI=1S/C30H33N5O3S/c1-5-24-25-15-14-23(32-4)20-28(25)35(17-8-9-18-39(36,37)38)26(24)11-10-12-30-33(6-2)27-16-13-22(21-31)19-29(27)34(30)7-3/h10-16,19-20,24H,5-9,17-18H2,1-3H3/p+1. The molecule has 0 fully saturated rings. The molecule has 0 saturated heterocycles. The predicted molar refractivity (Wildman–Crippen MR) is 154 cm³/mol. The van der Waals surface area contributed by atoms with Crippen molar-refractivity contribution in [3.8, 4) is 6.07 Å². The molecule has 1 N–H and O–H groups in total. The Balaban J connectivity index is 1.74. The van der Waals surface area contributed by atoms with Crippen LogP contribution in [0.2, 0.25) is 0 Å². The summed E-state index contributed by atoms with van der Waals surface area (Å²) >= 11 is 0. The first-order chi connectivity index (χ1) is 18.8. The van der Waals surface area contributed by atoms with E-state index in [1.807, 2.05) is 36.4 Å². The number of aromatic nitrogens is 2. The number of fused-ring (bicyclic) bond motifs is 2. The Morgan fingerprint density at radius 2 is 1.97 bits per heavy atom. The van der Waals surface area contributed by atoms with E-state index in [4.69, 9.17) is 11.1 Å². The van der Waals surface area contributed by atoms with E-state index in [1.165, 1.54) is 0 Å². The highest BCUT2D eigenvalue weighted by molar-refractivity contribution is 7.85. The summed E-state index contributed by atoms with van der Waals surface area (Å²) in [4.78, 5) is 5.80. The monoisotopic (exact) mass is 544 g/mol. The fourth-order valence-corrected chi connectivity index (χ4v) is 6.13. The molecule has 0 aliphatic carbocycles. The SMILES string of the molecule is [C-]#[N+]c1ccc2c(c1)N(CCCCS(=O)(=O)O)/C(=C\C=C\c1n(CC)c3cc(C#N)ccc3[n+]1CC)C2CC. The largest absolute Gasteiger partial charge is 0.345 e. The lowest BCUT2D eigenvalue weighted by Gasteiger charge is -2.23. The molecule has 4 rings (SSSR count). The maximum atomic E-state index is 11.2. The molecular formula is C30H34N5O3S+. The minimum Gasteiger partial charge on any atom is -0.345 e. The van der Waals surface area contributed by atoms with Gasteiger partial charge in [0.25, 0.3) is 15.9 Å². The van der Waals surface area contributed by atoms with E-state index in [-0.39, 0.29) is 11.7 Å². The third-order valence-electron chi connectivity index (χ3n) is 7.30. The van der Waals surface area contributed by atoms with Gasteiger partial charge in [-0.2, -0.15) is 13.7 Å². The Morgan fingerprint density at radius 1 is 1.18 bits per heavy atom. The van der Waals surface area contributed by atoms with Crippen LogP contribution in [-0.2, 0) is 23.2 Å². The van der Waals surface area contributed by atoms with Gasteiger partial charge in [-0.15, -0.1) is 0 Å². The minimum atomic E-state index is -4.00. The molecule has 1 aromatic heterocycles. The van der Waals surface area contributed by atoms with Gasteiger partial charge in [0.1, 0.15) is 0 Å². The van der Waals surface area contributed by atoms with E-state index in [0.29, 0.717) is 30.6 Å². The van der Waals surface area contributed by atoms with E-state index >= 15 is 0 Å². The normalized spacial score (nSPS) is 16.2. The number of hydrogen-bond acceptors (Lipinski definition) is 4. The lowest BCUT2D eigenvalue weighted by Crippen LogP contribution is -2.35. The topological polar surface area (TPSA) is 94.6 Å². The van der Waals surface area contributed by atoms with Crippen LogP contribution in [0.5, 0.6) is 0 Å². The summed E-state index contributed by atoms with van der Waals surface area (Å²) < 4.78 is 36.0. The zero-order chi connectivity index (χ0) is 28.2. The first-order valence-electron chi connectivity index (χ1n) is 13.3. The van der Waals surface area contributed by atoms with Crippen molar-refractivity contribution in [2.45, 2.75) is 59.0 Å². The maximum Gasteiger partial charge on any atom is 0.282 e. The van der Waals surface area contributed by atoms with Crippen LogP contribution in [0.25, 0.3) is 22.0 Å². The van der Waals surface area contributed by atoms with Gasteiger partial charge in [-0.05, 0) is 62.9 Å². The third kappa shape index (κ3) is 5.75. The van der Waals surface area contributed by atoms with Crippen LogP contribution in [-0.4, -0.2) is 29.8 Å². The second kappa shape index (κ2) is 11.9. The number of imidazole rings is 1. The highest BCUT2D eigenvalue weighted by atomic mass is 32.2.